The van der Waals surface area contributed by atoms with Crippen molar-refractivity contribution in [3.63, 3.8) is 0 Å². The first-order chi connectivity index (χ1) is 12.5. The Hall–Kier alpha value is -1.07. The number of carbonyl (C=O) groups excluding carboxylic acids is 1. The van der Waals surface area contributed by atoms with Gasteiger partial charge >= 0.3 is 0 Å². The Labute approximate surface area is 165 Å². The molecule has 142 valence electrons. The molecule has 4 rings (SSSR count). The van der Waals surface area contributed by atoms with Gasteiger partial charge in [-0.15, -0.1) is 0 Å². The number of fused-ring (bicyclic) bond motifs is 1. The molecule has 1 aromatic carbocycles. The van der Waals surface area contributed by atoms with E-state index in [1.807, 2.05) is 32.0 Å². The van der Waals surface area contributed by atoms with E-state index in [9.17, 15) is 4.79 Å². The number of ether oxygens (including phenoxy) is 1. The Morgan fingerprint density at radius 1 is 1.19 bits per heavy atom. The molecule has 1 aromatic rings. The Morgan fingerprint density at radius 2 is 2.00 bits per heavy atom. The number of hydrogen-bond donors (Lipinski definition) is 0. The Balaban J connectivity index is 1.49. The van der Waals surface area contributed by atoms with Crippen molar-refractivity contribution < 1.29 is 9.53 Å². The molecule has 2 saturated heterocycles. The van der Waals surface area contributed by atoms with E-state index in [2.05, 4.69) is 25.7 Å². The Kier molecular flexibility index (Phi) is 5.29. The van der Waals surface area contributed by atoms with Gasteiger partial charge in [0.15, 0.2) is 0 Å². The quantitative estimate of drug-likeness (QED) is 0.726. The zero-order chi connectivity index (χ0) is 18.3. The highest BCUT2D eigenvalue weighted by atomic mass is 79.9. The summed E-state index contributed by atoms with van der Waals surface area (Å²) in [5, 5.41) is 0. The maximum absolute atomic E-state index is 13.2. The summed E-state index contributed by atoms with van der Waals surface area (Å²) in [6.45, 7) is 7.01. The van der Waals surface area contributed by atoms with Crippen molar-refractivity contribution in [3.05, 3.63) is 28.2 Å². The lowest BCUT2D eigenvalue weighted by atomic mass is 9.83. The van der Waals surface area contributed by atoms with E-state index in [4.69, 9.17) is 4.74 Å². The van der Waals surface area contributed by atoms with E-state index in [0.29, 0.717) is 23.3 Å². The van der Waals surface area contributed by atoms with Gasteiger partial charge in [-0.1, -0.05) is 15.9 Å². The molecular weight excluding hydrogens is 392 g/mol. The maximum atomic E-state index is 13.2. The predicted molar refractivity (Wildman–Crippen MR) is 107 cm³/mol. The molecule has 0 bridgehead atoms. The molecule has 0 unspecified atom stereocenters. The van der Waals surface area contributed by atoms with Crippen molar-refractivity contribution in [2.75, 3.05) is 19.6 Å². The van der Waals surface area contributed by atoms with Gasteiger partial charge in [-0.3, -0.25) is 9.69 Å². The van der Waals surface area contributed by atoms with Crippen LogP contribution in [-0.2, 0) is 0 Å². The first-order valence-corrected chi connectivity index (χ1v) is 10.8. The summed E-state index contributed by atoms with van der Waals surface area (Å²) in [4.78, 5) is 18.0. The number of likely N-dealkylation sites (tertiary alicyclic amines) is 2. The van der Waals surface area contributed by atoms with Gasteiger partial charge in [0.1, 0.15) is 5.75 Å². The predicted octanol–water partition coefficient (Wildman–Crippen LogP) is 4.33. The minimum atomic E-state index is 0.0482. The minimum absolute atomic E-state index is 0.0482. The molecule has 0 spiro atoms. The monoisotopic (exact) mass is 420 g/mol. The van der Waals surface area contributed by atoms with Crippen molar-refractivity contribution >= 4 is 21.8 Å². The van der Waals surface area contributed by atoms with Crippen LogP contribution in [0, 0.1) is 5.92 Å². The summed E-state index contributed by atoms with van der Waals surface area (Å²) in [5.74, 6) is 1.44. The van der Waals surface area contributed by atoms with Gasteiger partial charge in [-0.2, -0.15) is 0 Å². The highest BCUT2D eigenvalue weighted by molar-refractivity contribution is 9.10. The highest BCUT2D eigenvalue weighted by Crippen LogP contribution is 2.39. The molecule has 5 heteroatoms. The van der Waals surface area contributed by atoms with Crippen LogP contribution in [0.5, 0.6) is 5.75 Å². The number of carbonyl (C=O) groups is 1. The van der Waals surface area contributed by atoms with E-state index in [0.717, 1.165) is 30.0 Å². The number of piperidine rings is 2. The molecule has 3 fully saturated rings. The molecule has 26 heavy (non-hydrogen) atoms. The number of amides is 1. The van der Waals surface area contributed by atoms with Gasteiger partial charge < -0.3 is 9.64 Å². The Bertz CT molecular complexity index is 674. The van der Waals surface area contributed by atoms with Gasteiger partial charge in [0, 0.05) is 29.6 Å². The van der Waals surface area contributed by atoms with Gasteiger partial charge in [0.2, 0.25) is 0 Å². The summed E-state index contributed by atoms with van der Waals surface area (Å²) in [6, 6.07) is 7.27. The summed E-state index contributed by atoms with van der Waals surface area (Å²) >= 11 is 3.49. The summed E-state index contributed by atoms with van der Waals surface area (Å²) in [6.07, 6.45) is 6.45. The van der Waals surface area contributed by atoms with E-state index in [-0.39, 0.29) is 12.0 Å². The van der Waals surface area contributed by atoms with Gasteiger partial charge in [-0.05, 0) is 76.6 Å². The third-order valence-electron chi connectivity index (χ3n) is 5.95. The van der Waals surface area contributed by atoms with Gasteiger partial charge in [0.05, 0.1) is 11.7 Å². The van der Waals surface area contributed by atoms with Crippen LogP contribution < -0.4 is 4.74 Å². The Morgan fingerprint density at radius 3 is 2.73 bits per heavy atom. The average molecular weight is 421 g/mol. The smallest absolute Gasteiger partial charge is 0.257 e. The van der Waals surface area contributed by atoms with Gasteiger partial charge in [-0.25, -0.2) is 0 Å². The standard InChI is InChI=1S/C21H29BrN2O2/c1-14(2)26-20-12-16(22)5-8-18(20)21(25)23-11-9-19-15(13-23)4-3-10-24(19)17-6-7-17/h5,8,12,14-15,17,19H,3-4,6-7,9-11,13H2,1-2H3/t15-,19-/m0/s1. The van der Waals surface area contributed by atoms with Crippen LogP contribution in [0.25, 0.3) is 0 Å². The zero-order valence-electron chi connectivity index (χ0n) is 15.8. The van der Waals surface area contributed by atoms with Crippen LogP contribution in [0.4, 0.5) is 0 Å². The molecule has 1 amide bonds. The SMILES string of the molecule is CC(C)Oc1cc(Br)ccc1C(=O)N1CC[C@H]2[C@@H](CCCN2C2CC2)C1. The highest BCUT2D eigenvalue weighted by Gasteiger charge is 2.42. The molecule has 4 nitrogen and oxygen atoms in total. The number of benzene rings is 1. The normalized spacial score (nSPS) is 26.7. The fourth-order valence-corrected chi connectivity index (χ4v) is 5.02. The third kappa shape index (κ3) is 3.79. The van der Waals surface area contributed by atoms with Crippen molar-refractivity contribution in [3.8, 4) is 5.75 Å². The molecule has 2 aliphatic heterocycles. The van der Waals surface area contributed by atoms with Crippen LogP contribution in [0.2, 0.25) is 0 Å². The van der Waals surface area contributed by atoms with Crippen molar-refractivity contribution in [1.29, 1.82) is 0 Å². The first kappa shape index (κ1) is 18.3. The minimum Gasteiger partial charge on any atom is -0.490 e. The molecule has 0 N–H and O–H groups in total. The fraction of sp³-hybridized carbons (Fsp3) is 0.667. The second kappa shape index (κ2) is 7.51. The summed E-state index contributed by atoms with van der Waals surface area (Å²) in [7, 11) is 0. The second-order valence-electron chi connectivity index (χ2n) is 8.29. The molecule has 2 heterocycles. The molecule has 1 aliphatic carbocycles. The fourth-order valence-electron chi connectivity index (χ4n) is 4.68. The van der Waals surface area contributed by atoms with Crippen LogP contribution in [0.3, 0.4) is 0 Å². The second-order valence-corrected chi connectivity index (χ2v) is 9.20. The summed E-state index contributed by atoms with van der Waals surface area (Å²) < 4.78 is 6.86. The molecule has 0 radical (unpaired) electrons. The molecule has 0 aromatic heterocycles. The van der Waals surface area contributed by atoms with E-state index < -0.39 is 0 Å². The number of rotatable bonds is 4. The van der Waals surface area contributed by atoms with E-state index >= 15 is 0 Å². The first-order valence-electron chi connectivity index (χ1n) is 10.0. The van der Waals surface area contributed by atoms with E-state index in [1.54, 1.807) is 0 Å². The van der Waals surface area contributed by atoms with Crippen molar-refractivity contribution in [2.45, 2.75) is 64.1 Å². The van der Waals surface area contributed by atoms with Gasteiger partial charge in [0.25, 0.3) is 5.91 Å². The molecular formula is C21H29BrN2O2. The molecule has 1 saturated carbocycles. The maximum Gasteiger partial charge on any atom is 0.257 e. The average Bonchev–Trinajstić information content (AvgIpc) is 3.45. The lowest BCUT2D eigenvalue weighted by Gasteiger charge is -2.47. The third-order valence-corrected chi connectivity index (χ3v) is 6.44. The number of nitrogens with zero attached hydrogens (tertiary/aromatic N) is 2. The van der Waals surface area contributed by atoms with Crippen LogP contribution in [-0.4, -0.2) is 53.5 Å². The summed E-state index contributed by atoms with van der Waals surface area (Å²) in [5.41, 5.74) is 0.690. The van der Waals surface area contributed by atoms with Crippen molar-refractivity contribution in [2.24, 2.45) is 5.92 Å². The molecule has 2 atom stereocenters. The van der Waals surface area contributed by atoms with Crippen LogP contribution in [0.1, 0.15) is 56.3 Å². The topological polar surface area (TPSA) is 32.8 Å². The lowest BCUT2D eigenvalue weighted by molar-refractivity contribution is 0.0172. The zero-order valence-corrected chi connectivity index (χ0v) is 17.4. The van der Waals surface area contributed by atoms with Crippen LogP contribution >= 0.6 is 15.9 Å². The largest absolute Gasteiger partial charge is 0.490 e. The van der Waals surface area contributed by atoms with E-state index in [1.165, 1.54) is 32.2 Å². The van der Waals surface area contributed by atoms with Crippen molar-refractivity contribution in [1.82, 2.24) is 9.80 Å². The van der Waals surface area contributed by atoms with Crippen LogP contribution in [0.15, 0.2) is 22.7 Å². The number of hydrogen-bond acceptors (Lipinski definition) is 3. The number of halogens is 1. The lowest BCUT2D eigenvalue weighted by Crippen LogP contribution is -2.55. The molecule has 3 aliphatic rings.